The molecule has 0 atom stereocenters. The Hall–Kier alpha value is -2.76. The largest absolute Gasteiger partial charge is 0.437 e. The van der Waals surface area contributed by atoms with Gasteiger partial charge in [0.05, 0.1) is 16.3 Å². The molecular formula is C15H14N4O5S2. The summed E-state index contributed by atoms with van der Waals surface area (Å²) in [7, 11) is -3.78. The van der Waals surface area contributed by atoms with Crippen LogP contribution < -0.4 is 16.2 Å². The summed E-state index contributed by atoms with van der Waals surface area (Å²) in [6, 6.07) is 9.02. The second kappa shape index (κ2) is 7.23. The van der Waals surface area contributed by atoms with Crippen molar-refractivity contribution in [1.29, 1.82) is 0 Å². The molecule has 136 valence electrons. The van der Waals surface area contributed by atoms with Crippen molar-refractivity contribution in [2.24, 2.45) is 5.14 Å². The molecule has 0 bridgehead atoms. The predicted molar refractivity (Wildman–Crippen MR) is 95.1 cm³/mol. The van der Waals surface area contributed by atoms with Crippen LogP contribution >= 0.6 is 11.3 Å². The first-order valence-corrected chi connectivity index (χ1v) is 9.80. The number of nitrogens with one attached hydrogen (secondary N) is 1. The molecule has 0 saturated heterocycles. The minimum absolute atomic E-state index is 0.00669. The van der Waals surface area contributed by atoms with E-state index >= 15 is 0 Å². The van der Waals surface area contributed by atoms with Crippen LogP contribution in [0, 0.1) is 0 Å². The van der Waals surface area contributed by atoms with Crippen LogP contribution in [0.2, 0.25) is 0 Å². The van der Waals surface area contributed by atoms with Crippen molar-refractivity contribution in [3.8, 4) is 10.8 Å². The highest BCUT2D eigenvalue weighted by molar-refractivity contribution is 7.89. The molecule has 9 nitrogen and oxygen atoms in total. The summed E-state index contributed by atoms with van der Waals surface area (Å²) in [5.74, 6) is -0.788. The first-order valence-electron chi connectivity index (χ1n) is 7.37. The molecule has 0 aliphatic rings. The third-order valence-corrected chi connectivity index (χ3v) is 5.14. The number of aromatic nitrogens is 2. The molecule has 3 aromatic rings. The lowest BCUT2D eigenvalue weighted by molar-refractivity contribution is -0.116. The molecule has 1 aromatic carbocycles. The Kier molecular flexibility index (Phi) is 5.02. The second-order valence-corrected chi connectivity index (χ2v) is 7.75. The lowest BCUT2D eigenvalue weighted by Gasteiger charge is -2.05. The maximum Gasteiger partial charge on any atom is 0.437 e. The summed E-state index contributed by atoms with van der Waals surface area (Å²) < 4.78 is 28.5. The molecule has 11 heteroatoms. The van der Waals surface area contributed by atoms with Gasteiger partial charge in [-0.1, -0.05) is 6.07 Å². The molecule has 3 N–H and O–H groups in total. The Morgan fingerprint density at radius 3 is 2.62 bits per heavy atom. The normalized spacial score (nSPS) is 11.4. The maximum atomic E-state index is 12.0. The first-order chi connectivity index (χ1) is 12.3. The molecule has 0 unspecified atom stereocenters. The number of nitrogens with two attached hydrogens (primary N) is 1. The van der Waals surface area contributed by atoms with Gasteiger partial charge in [-0.15, -0.1) is 16.4 Å². The molecule has 0 fully saturated rings. The van der Waals surface area contributed by atoms with Crippen molar-refractivity contribution in [1.82, 2.24) is 9.78 Å². The van der Waals surface area contributed by atoms with Gasteiger partial charge in [0.15, 0.2) is 0 Å². The second-order valence-electron chi connectivity index (χ2n) is 5.24. The van der Waals surface area contributed by atoms with Crippen LogP contribution in [0.3, 0.4) is 0 Å². The van der Waals surface area contributed by atoms with Gasteiger partial charge < -0.3 is 9.73 Å². The fraction of sp³-hybridized carbons (Fsp3) is 0.133. The zero-order valence-electron chi connectivity index (χ0n) is 13.3. The van der Waals surface area contributed by atoms with E-state index < -0.39 is 15.8 Å². The van der Waals surface area contributed by atoms with Gasteiger partial charge in [0.25, 0.3) is 5.89 Å². The van der Waals surface area contributed by atoms with E-state index in [1.54, 1.807) is 6.07 Å². The number of aryl methyl sites for hydroxylation is 1. The molecule has 3 rings (SSSR count). The Morgan fingerprint density at radius 2 is 2.00 bits per heavy atom. The maximum absolute atomic E-state index is 12.0. The van der Waals surface area contributed by atoms with Crippen molar-refractivity contribution in [3.63, 3.8) is 0 Å². The molecule has 0 saturated carbocycles. The number of rotatable bonds is 6. The van der Waals surface area contributed by atoms with Crippen LogP contribution in [0.5, 0.6) is 0 Å². The Balaban J connectivity index is 1.60. The smallest absolute Gasteiger partial charge is 0.387 e. The van der Waals surface area contributed by atoms with Crippen LogP contribution in [-0.4, -0.2) is 24.1 Å². The average molecular weight is 394 g/mol. The highest BCUT2D eigenvalue weighted by Gasteiger charge is 2.13. The SMILES string of the molecule is NS(=O)(=O)c1ccc(NC(=O)CCn2nc(-c3cccs3)oc2=O)cc1. The number of thiophene rings is 1. The number of primary sulfonamides is 1. The average Bonchev–Trinajstić information content (AvgIpc) is 3.22. The number of sulfonamides is 1. The molecule has 2 heterocycles. The molecule has 1 amide bonds. The molecule has 0 spiro atoms. The Labute approximate surface area is 152 Å². The van der Waals surface area contributed by atoms with Gasteiger partial charge in [0, 0.05) is 12.1 Å². The van der Waals surface area contributed by atoms with Crippen LogP contribution in [-0.2, 0) is 21.4 Å². The zero-order valence-corrected chi connectivity index (χ0v) is 14.9. The summed E-state index contributed by atoms with van der Waals surface area (Å²) in [6.07, 6.45) is -0.00669. The predicted octanol–water partition coefficient (Wildman–Crippen LogP) is 1.24. The van der Waals surface area contributed by atoms with Gasteiger partial charge >= 0.3 is 5.76 Å². The van der Waals surface area contributed by atoms with Crippen molar-refractivity contribution in [3.05, 3.63) is 52.3 Å². The topological polar surface area (TPSA) is 137 Å². The minimum Gasteiger partial charge on any atom is -0.387 e. The fourth-order valence-electron chi connectivity index (χ4n) is 2.11. The minimum atomic E-state index is -3.78. The number of hydrogen-bond donors (Lipinski definition) is 2. The Morgan fingerprint density at radius 1 is 1.27 bits per heavy atom. The van der Waals surface area contributed by atoms with Crippen molar-refractivity contribution >= 4 is 33.0 Å². The molecule has 0 radical (unpaired) electrons. The molecule has 0 aliphatic carbocycles. The van der Waals surface area contributed by atoms with E-state index in [0.717, 1.165) is 9.56 Å². The van der Waals surface area contributed by atoms with Gasteiger partial charge in [-0.05, 0) is 35.7 Å². The molecular weight excluding hydrogens is 380 g/mol. The molecule has 2 aromatic heterocycles. The van der Waals surface area contributed by atoms with Crippen molar-refractivity contribution < 1.29 is 17.6 Å². The van der Waals surface area contributed by atoms with Gasteiger partial charge in [-0.2, -0.15) is 4.68 Å². The summed E-state index contributed by atoms with van der Waals surface area (Å²) in [5, 5.41) is 13.5. The third kappa shape index (κ3) is 4.25. The van der Waals surface area contributed by atoms with Crippen LogP contribution in [0.25, 0.3) is 10.8 Å². The number of carbonyl (C=O) groups is 1. The standard InChI is InChI=1S/C15H14N4O5S2/c16-26(22,23)11-5-3-10(4-6-11)17-13(20)7-8-19-15(21)24-14(18-19)12-2-1-9-25-12/h1-6,9H,7-8H2,(H,17,20)(H2,16,22,23). The van der Waals surface area contributed by atoms with E-state index in [1.807, 2.05) is 11.4 Å². The summed E-state index contributed by atoms with van der Waals surface area (Å²) in [5.41, 5.74) is 0.411. The molecule has 0 aliphatic heterocycles. The first kappa shape index (κ1) is 18.0. The van der Waals surface area contributed by atoms with E-state index in [-0.39, 0.29) is 29.7 Å². The van der Waals surface area contributed by atoms with E-state index in [1.165, 1.54) is 35.6 Å². The van der Waals surface area contributed by atoms with Gasteiger partial charge in [-0.3, -0.25) is 4.79 Å². The highest BCUT2D eigenvalue weighted by atomic mass is 32.2. The van der Waals surface area contributed by atoms with Crippen LogP contribution in [0.1, 0.15) is 6.42 Å². The lowest BCUT2D eigenvalue weighted by Crippen LogP contribution is -2.21. The highest BCUT2D eigenvalue weighted by Crippen LogP contribution is 2.21. The fourth-order valence-corrected chi connectivity index (χ4v) is 3.27. The monoisotopic (exact) mass is 394 g/mol. The van der Waals surface area contributed by atoms with E-state index in [9.17, 15) is 18.0 Å². The van der Waals surface area contributed by atoms with Gasteiger partial charge in [0.2, 0.25) is 15.9 Å². The summed E-state index contributed by atoms with van der Waals surface area (Å²) in [6.45, 7) is 0.0504. The van der Waals surface area contributed by atoms with Crippen molar-refractivity contribution in [2.75, 3.05) is 5.32 Å². The number of benzene rings is 1. The van der Waals surface area contributed by atoms with E-state index in [0.29, 0.717) is 5.69 Å². The Bertz CT molecular complexity index is 1070. The van der Waals surface area contributed by atoms with Gasteiger partial charge in [-0.25, -0.2) is 18.4 Å². The van der Waals surface area contributed by atoms with Crippen LogP contribution in [0.15, 0.2) is 55.9 Å². The summed E-state index contributed by atoms with van der Waals surface area (Å²) in [4.78, 5) is 24.4. The zero-order chi connectivity index (χ0) is 18.7. The number of hydrogen-bond acceptors (Lipinski definition) is 7. The lowest BCUT2D eigenvalue weighted by atomic mass is 10.3. The third-order valence-electron chi connectivity index (χ3n) is 3.36. The number of anilines is 1. The van der Waals surface area contributed by atoms with Crippen molar-refractivity contribution in [2.45, 2.75) is 17.9 Å². The van der Waals surface area contributed by atoms with Crippen LogP contribution in [0.4, 0.5) is 5.69 Å². The molecule has 26 heavy (non-hydrogen) atoms. The van der Waals surface area contributed by atoms with Gasteiger partial charge in [0.1, 0.15) is 0 Å². The van der Waals surface area contributed by atoms with E-state index in [4.69, 9.17) is 9.56 Å². The number of carbonyl (C=O) groups excluding carboxylic acids is 1. The number of amides is 1. The quantitative estimate of drug-likeness (QED) is 0.645. The van der Waals surface area contributed by atoms with E-state index in [2.05, 4.69) is 10.4 Å². The summed E-state index contributed by atoms with van der Waals surface area (Å²) >= 11 is 1.39. The number of nitrogens with zero attached hydrogens (tertiary/aromatic N) is 2.